The van der Waals surface area contributed by atoms with Crippen LogP contribution in [-0.2, 0) is 33.5 Å². The lowest BCUT2D eigenvalue weighted by atomic mass is 9.86. The summed E-state index contributed by atoms with van der Waals surface area (Å²) in [6.07, 6.45) is 9.76. The van der Waals surface area contributed by atoms with E-state index in [4.69, 9.17) is 9.47 Å². The van der Waals surface area contributed by atoms with Crippen LogP contribution < -0.4 is 0 Å². The Morgan fingerprint density at radius 1 is 0.818 bits per heavy atom. The van der Waals surface area contributed by atoms with Gasteiger partial charge in [0, 0.05) is 25.7 Å². The first kappa shape index (κ1) is 38.7. The number of allylic oxidation sites excluding steroid dienone is 2. The molecule has 0 radical (unpaired) electrons. The van der Waals surface area contributed by atoms with Gasteiger partial charge in [0.15, 0.2) is 6.10 Å². The quantitative estimate of drug-likeness (QED) is 0.0456. The van der Waals surface area contributed by atoms with E-state index in [1.165, 1.54) is 6.42 Å². The predicted octanol–water partition coefficient (Wildman–Crippen LogP) is 3.82. The molecule has 0 aromatic carbocycles. The van der Waals surface area contributed by atoms with Crippen molar-refractivity contribution in [2.75, 3.05) is 19.8 Å². The van der Waals surface area contributed by atoms with Crippen molar-refractivity contribution >= 4 is 17.7 Å². The average Bonchev–Trinajstić information content (AvgIpc) is 3.24. The molecule has 1 fully saturated rings. The minimum Gasteiger partial charge on any atom is -0.462 e. The summed E-state index contributed by atoms with van der Waals surface area (Å²) in [5.41, 5.74) is 0. The first-order chi connectivity index (χ1) is 21.0. The summed E-state index contributed by atoms with van der Waals surface area (Å²) in [5, 5.41) is 39.4. The molecule has 1 unspecified atom stereocenters. The Kier molecular flexibility index (Phi) is 20.3. The van der Waals surface area contributed by atoms with E-state index in [1.54, 1.807) is 0 Å². The summed E-state index contributed by atoms with van der Waals surface area (Å²) in [7, 11) is 0. The zero-order valence-corrected chi connectivity index (χ0v) is 25.5. The van der Waals surface area contributed by atoms with Crippen molar-refractivity contribution in [2.24, 2.45) is 11.8 Å². The second-order valence-electron chi connectivity index (χ2n) is 11.0. The number of rotatable bonds is 26. The molecule has 0 amide bonds. The van der Waals surface area contributed by atoms with Crippen LogP contribution in [0.5, 0.6) is 0 Å². The minimum absolute atomic E-state index is 0.0180. The Balaban J connectivity index is 2.36. The monoisotopic (exact) mass is 632 g/mol. The Hall–Kier alpha value is -3.33. The van der Waals surface area contributed by atoms with Gasteiger partial charge in [-0.2, -0.15) is 0 Å². The standard InChI is InChI=1S/C29H48N2O13/c1-2-3-4-5-8-12-22(32)16-17-25-24(26(33)19-27(25)34)13-9-6-7-10-14-28(35)41-20-23(21-43-31(39)40)44-29(36)15-11-18-42-30(37)38/h6,9,23-27,33-34H,2-5,7-8,10-21H2,1H3/t23?,24-,25-,26+,27-/m1/s1. The maximum absolute atomic E-state index is 12.3. The first-order valence-corrected chi connectivity index (χ1v) is 15.5. The van der Waals surface area contributed by atoms with Crippen LogP contribution in [0.3, 0.4) is 0 Å². The van der Waals surface area contributed by atoms with Gasteiger partial charge in [-0.25, -0.2) is 0 Å². The highest BCUT2D eigenvalue weighted by Crippen LogP contribution is 2.38. The molecule has 0 spiro atoms. The van der Waals surface area contributed by atoms with E-state index in [9.17, 15) is 44.8 Å². The average molecular weight is 633 g/mol. The number of aliphatic hydroxyl groups excluding tert-OH is 2. The lowest BCUT2D eigenvalue weighted by molar-refractivity contribution is -0.759. The topological polar surface area (TPSA) is 215 Å². The van der Waals surface area contributed by atoms with E-state index in [-0.39, 0.29) is 43.5 Å². The molecular weight excluding hydrogens is 584 g/mol. The lowest BCUT2D eigenvalue weighted by Crippen LogP contribution is -2.30. The third-order valence-corrected chi connectivity index (χ3v) is 7.48. The van der Waals surface area contributed by atoms with Crippen molar-refractivity contribution in [1.29, 1.82) is 0 Å². The minimum atomic E-state index is -1.24. The number of nitrogens with zero attached hydrogens (tertiary/aromatic N) is 2. The molecule has 1 saturated carbocycles. The van der Waals surface area contributed by atoms with Gasteiger partial charge in [0.05, 0.1) is 18.8 Å². The molecule has 2 N–H and O–H groups in total. The van der Waals surface area contributed by atoms with Crippen LogP contribution in [-0.4, -0.2) is 76.2 Å². The molecular formula is C29H48N2O13. The zero-order valence-electron chi connectivity index (χ0n) is 25.5. The van der Waals surface area contributed by atoms with Gasteiger partial charge in [0.1, 0.15) is 19.0 Å². The van der Waals surface area contributed by atoms with E-state index in [2.05, 4.69) is 16.6 Å². The van der Waals surface area contributed by atoms with Gasteiger partial charge < -0.3 is 29.4 Å². The summed E-state index contributed by atoms with van der Waals surface area (Å²) in [6, 6.07) is 0. The van der Waals surface area contributed by atoms with Crippen LogP contribution >= 0.6 is 0 Å². The Morgan fingerprint density at radius 3 is 2.20 bits per heavy atom. The maximum Gasteiger partial charge on any atom is 0.306 e. The third-order valence-electron chi connectivity index (χ3n) is 7.48. The van der Waals surface area contributed by atoms with Gasteiger partial charge >= 0.3 is 11.9 Å². The van der Waals surface area contributed by atoms with Crippen LogP contribution in [0.1, 0.15) is 103 Å². The Morgan fingerprint density at radius 2 is 1.50 bits per heavy atom. The number of esters is 2. The van der Waals surface area contributed by atoms with Gasteiger partial charge in [-0.1, -0.05) is 44.8 Å². The number of ketones is 1. The maximum atomic E-state index is 12.3. The molecule has 44 heavy (non-hydrogen) atoms. The van der Waals surface area contributed by atoms with Crippen LogP contribution in [0.2, 0.25) is 0 Å². The summed E-state index contributed by atoms with van der Waals surface area (Å²) in [6.45, 7) is 0.694. The van der Waals surface area contributed by atoms with Crippen molar-refractivity contribution in [2.45, 2.75) is 122 Å². The van der Waals surface area contributed by atoms with E-state index in [0.717, 1.165) is 25.7 Å². The SMILES string of the molecule is CCCCCCCC(=O)CC[C@@H]1[C@@H](CC=CCCCC(=O)OCC(CO[N+](=O)[O-])OC(=O)CCCO[N+](=O)[O-])[C@@H](O)C[C@H]1O. The number of carbonyl (C=O) groups is 3. The molecule has 0 heterocycles. The van der Waals surface area contributed by atoms with Crippen molar-refractivity contribution in [3.63, 3.8) is 0 Å². The fraction of sp³-hybridized carbons (Fsp3) is 0.828. The number of aliphatic hydroxyl groups is 2. The third kappa shape index (κ3) is 18.4. The number of unbranched alkanes of at least 4 members (excludes halogenated alkanes) is 5. The molecule has 5 atom stereocenters. The molecule has 0 saturated heterocycles. The summed E-state index contributed by atoms with van der Waals surface area (Å²) in [5.74, 6) is -1.52. The molecule has 0 aromatic rings. The number of ether oxygens (including phenoxy) is 2. The van der Waals surface area contributed by atoms with E-state index in [1.807, 2.05) is 12.2 Å². The van der Waals surface area contributed by atoms with Crippen molar-refractivity contribution in [1.82, 2.24) is 0 Å². The molecule has 0 aromatic heterocycles. The number of hydrogen-bond acceptors (Lipinski definition) is 13. The zero-order chi connectivity index (χ0) is 32.7. The molecule has 0 bridgehead atoms. The normalized spacial score (nSPS) is 20.2. The van der Waals surface area contributed by atoms with E-state index >= 15 is 0 Å². The lowest BCUT2D eigenvalue weighted by Gasteiger charge is -2.22. The molecule has 1 rings (SSSR count). The van der Waals surface area contributed by atoms with Crippen molar-refractivity contribution in [3.05, 3.63) is 32.4 Å². The number of Topliss-reactive ketones (excluding diaryl/α,β-unsaturated/α-hetero) is 1. The Bertz CT molecular complexity index is 914. The largest absolute Gasteiger partial charge is 0.462 e. The summed E-state index contributed by atoms with van der Waals surface area (Å²) >= 11 is 0. The fourth-order valence-electron chi connectivity index (χ4n) is 5.14. The second kappa shape index (κ2) is 23.1. The Labute approximate surface area is 257 Å². The van der Waals surface area contributed by atoms with E-state index < -0.39 is 53.6 Å². The molecule has 1 aliphatic rings. The highest BCUT2D eigenvalue weighted by atomic mass is 17.0. The smallest absolute Gasteiger partial charge is 0.306 e. The van der Waals surface area contributed by atoms with Crippen LogP contribution in [0.25, 0.3) is 0 Å². The van der Waals surface area contributed by atoms with Gasteiger partial charge in [-0.15, -0.1) is 20.2 Å². The van der Waals surface area contributed by atoms with Gasteiger partial charge in [0.25, 0.3) is 10.2 Å². The second-order valence-corrected chi connectivity index (χ2v) is 11.0. The number of hydrogen-bond donors (Lipinski definition) is 2. The van der Waals surface area contributed by atoms with Crippen LogP contribution in [0.4, 0.5) is 0 Å². The predicted molar refractivity (Wildman–Crippen MR) is 155 cm³/mol. The first-order valence-electron chi connectivity index (χ1n) is 15.5. The highest BCUT2D eigenvalue weighted by molar-refractivity contribution is 5.78. The molecule has 15 heteroatoms. The molecule has 252 valence electrons. The highest BCUT2D eigenvalue weighted by Gasteiger charge is 2.40. The van der Waals surface area contributed by atoms with E-state index in [0.29, 0.717) is 44.9 Å². The van der Waals surface area contributed by atoms with Crippen LogP contribution in [0, 0.1) is 32.1 Å². The summed E-state index contributed by atoms with van der Waals surface area (Å²) < 4.78 is 10.1. The summed E-state index contributed by atoms with van der Waals surface area (Å²) in [4.78, 5) is 65.2. The molecule has 1 aliphatic carbocycles. The van der Waals surface area contributed by atoms with Crippen molar-refractivity contribution in [3.8, 4) is 0 Å². The molecule has 15 nitrogen and oxygen atoms in total. The van der Waals surface area contributed by atoms with Gasteiger partial charge in [-0.3, -0.25) is 14.4 Å². The van der Waals surface area contributed by atoms with Gasteiger partial charge in [0.2, 0.25) is 0 Å². The molecule has 0 aliphatic heterocycles. The number of carbonyl (C=O) groups excluding carboxylic acids is 3. The van der Waals surface area contributed by atoms with Crippen molar-refractivity contribution < 1.29 is 53.9 Å². The fourth-order valence-corrected chi connectivity index (χ4v) is 5.14. The van der Waals surface area contributed by atoms with Gasteiger partial charge in [-0.05, 0) is 56.8 Å². The van der Waals surface area contributed by atoms with Crippen LogP contribution in [0.15, 0.2) is 12.2 Å².